The van der Waals surface area contributed by atoms with Gasteiger partial charge >= 0.3 is 0 Å². The van der Waals surface area contributed by atoms with E-state index in [1.807, 2.05) is 0 Å². The van der Waals surface area contributed by atoms with Crippen LogP contribution in [0.3, 0.4) is 0 Å². The summed E-state index contributed by atoms with van der Waals surface area (Å²) < 4.78 is 0. The van der Waals surface area contributed by atoms with Crippen molar-refractivity contribution in [1.29, 1.82) is 0 Å². The van der Waals surface area contributed by atoms with Gasteiger partial charge in [0.15, 0.2) is 0 Å². The van der Waals surface area contributed by atoms with Crippen LogP contribution in [0.1, 0.15) is 19.8 Å². The third kappa shape index (κ3) is 2.88. The van der Waals surface area contributed by atoms with Crippen molar-refractivity contribution >= 4 is 12.6 Å². The van der Waals surface area contributed by atoms with Crippen LogP contribution in [0, 0.1) is 0 Å². The van der Waals surface area contributed by atoms with E-state index in [0.29, 0.717) is 0 Å². The highest BCUT2D eigenvalue weighted by Gasteiger charge is 2.17. The van der Waals surface area contributed by atoms with Gasteiger partial charge in [0.05, 0.1) is 0 Å². The van der Waals surface area contributed by atoms with Crippen LogP contribution in [0.25, 0.3) is 0 Å². The number of likely N-dealkylation sites (tertiary alicyclic amines) is 1. The monoisotopic (exact) mass is 171 g/mol. The third-order valence-corrected chi connectivity index (χ3v) is 2.51. The molecule has 64 valence electrons. The standard InChI is InChI=1S/C9H17NS/c1-9-5-4-7-10(9)6-2-3-8-11/h2-3,9,11H,4-8H2,1H3. The molecule has 0 aromatic rings. The Kier molecular flexibility index (Phi) is 4.02. The Morgan fingerprint density at radius 1 is 1.55 bits per heavy atom. The number of rotatable bonds is 3. The highest BCUT2D eigenvalue weighted by Crippen LogP contribution is 2.15. The molecule has 0 N–H and O–H groups in total. The first kappa shape index (κ1) is 9.14. The molecular formula is C9H17NS. The zero-order chi connectivity index (χ0) is 8.10. The summed E-state index contributed by atoms with van der Waals surface area (Å²) in [4.78, 5) is 2.51. The molecule has 1 unspecified atom stereocenters. The zero-order valence-corrected chi connectivity index (χ0v) is 8.06. The lowest BCUT2D eigenvalue weighted by molar-refractivity contribution is 0.298. The van der Waals surface area contributed by atoms with E-state index in [1.54, 1.807) is 0 Å². The maximum atomic E-state index is 4.11. The molecule has 1 heterocycles. The molecule has 0 aromatic carbocycles. The fourth-order valence-electron chi connectivity index (χ4n) is 1.55. The first-order valence-electron chi connectivity index (χ1n) is 4.34. The van der Waals surface area contributed by atoms with Crippen molar-refractivity contribution in [2.24, 2.45) is 0 Å². The minimum absolute atomic E-state index is 0.791. The van der Waals surface area contributed by atoms with Crippen molar-refractivity contribution in [3.8, 4) is 0 Å². The van der Waals surface area contributed by atoms with Crippen LogP contribution in [-0.2, 0) is 0 Å². The average Bonchev–Trinajstić information content (AvgIpc) is 2.37. The lowest BCUT2D eigenvalue weighted by atomic mass is 10.2. The summed E-state index contributed by atoms with van der Waals surface area (Å²) in [5, 5.41) is 0. The quantitative estimate of drug-likeness (QED) is 0.502. The van der Waals surface area contributed by atoms with Gasteiger partial charge in [-0.3, -0.25) is 4.90 Å². The van der Waals surface area contributed by atoms with E-state index in [0.717, 1.165) is 18.3 Å². The Labute approximate surface area is 74.9 Å². The molecule has 2 heteroatoms. The minimum Gasteiger partial charge on any atom is -0.297 e. The molecule has 0 amide bonds. The molecule has 1 atom stereocenters. The second-order valence-electron chi connectivity index (χ2n) is 3.14. The maximum absolute atomic E-state index is 4.11. The molecule has 0 aromatic heterocycles. The molecule has 1 fully saturated rings. The number of hydrogen-bond acceptors (Lipinski definition) is 2. The second kappa shape index (κ2) is 4.83. The molecule has 1 nitrogen and oxygen atoms in total. The maximum Gasteiger partial charge on any atom is 0.0166 e. The molecule has 1 saturated heterocycles. The Morgan fingerprint density at radius 2 is 2.36 bits per heavy atom. The van der Waals surface area contributed by atoms with E-state index in [9.17, 15) is 0 Å². The second-order valence-corrected chi connectivity index (χ2v) is 3.51. The van der Waals surface area contributed by atoms with Crippen LogP contribution in [-0.4, -0.2) is 29.8 Å². The Bertz CT molecular complexity index is 134. The number of thiol groups is 1. The lowest BCUT2D eigenvalue weighted by Gasteiger charge is -2.18. The topological polar surface area (TPSA) is 3.24 Å². The molecule has 1 rings (SSSR count). The molecule has 0 spiro atoms. The van der Waals surface area contributed by atoms with Crippen LogP contribution in [0.15, 0.2) is 12.2 Å². The highest BCUT2D eigenvalue weighted by molar-refractivity contribution is 7.80. The Balaban J connectivity index is 2.20. The molecular weight excluding hydrogens is 154 g/mol. The molecule has 11 heavy (non-hydrogen) atoms. The first-order valence-corrected chi connectivity index (χ1v) is 4.97. The molecule has 0 bridgehead atoms. The fourth-order valence-corrected chi connectivity index (χ4v) is 1.70. The normalized spacial score (nSPS) is 26.9. The van der Waals surface area contributed by atoms with Crippen molar-refractivity contribution in [3.63, 3.8) is 0 Å². The summed E-state index contributed by atoms with van der Waals surface area (Å²) in [7, 11) is 0. The summed E-state index contributed by atoms with van der Waals surface area (Å²) in [6.07, 6.45) is 7.08. The van der Waals surface area contributed by atoms with Gasteiger partial charge in [-0.25, -0.2) is 0 Å². The van der Waals surface area contributed by atoms with E-state index in [-0.39, 0.29) is 0 Å². The summed E-state index contributed by atoms with van der Waals surface area (Å²) in [5.74, 6) is 0.863. The van der Waals surface area contributed by atoms with E-state index in [1.165, 1.54) is 19.4 Å². The van der Waals surface area contributed by atoms with Crippen molar-refractivity contribution < 1.29 is 0 Å². The van der Waals surface area contributed by atoms with Crippen molar-refractivity contribution in [2.45, 2.75) is 25.8 Å². The largest absolute Gasteiger partial charge is 0.297 e. The predicted octanol–water partition coefficient (Wildman–Crippen LogP) is 1.96. The van der Waals surface area contributed by atoms with E-state index >= 15 is 0 Å². The van der Waals surface area contributed by atoms with Crippen LogP contribution >= 0.6 is 12.6 Å². The Hall–Kier alpha value is 0.0500. The summed E-state index contributed by atoms with van der Waals surface area (Å²) >= 11 is 4.11. The fraction of sp³-hybridized carbons (Fsp3) is 0.778. The van der Waals surface area contributed by atoms with Crippen LogP contribution in [0.5, 0.6) is 0 Å². The van der Waals surface area contributed by atoms with E-state index < -0.39 is 0 Å². The number of nitrogens with zero attached hydrogens (tertiary/aromatic N) is 1. The van der Waals surface area contributed by atoms with Gasteiger partial charge in [0.25, 0.3) is 0 Å². The number of hydrogen-bond donors (Lipinski definition) is 1. The summed E-state index contributed by atoms with van der Waals surface area (Å²) in [6, 6.07) is 0.791. The van der Waals surface area contributed by atoms with Gasteiger partial charge < -0.3 is 0 Å². The van der Waals surface area contributed by atoms with Crippen LogP contribution < -0.4 is 0 Å². The lowest BCUT2D eigenvalue weighted by Crippen LogP contribution is -2.26. The van der Waals surface area contributed by atoms with Crippen molar-refractivity contribution in [2.75, 3.05) is 18.8 Å². The molecule has 0 saturated carbocycles. The van der Waals surface area contributed by atoms with Crippen molar-refractivity contribution in [1.82, 2.24) is 4.90 Å². The smallest absolute Gasteiger partial charge is 0.0166 e. The highest BCUT2D eigenvalue weighted by atomic mass is 32.1. The molecule has 1 aliphatic heterocycles. The van der Waals surface area contributed by atoms with Gasteiger partial charge in [-0.05, 0) is 26.3 Å². The summed E-state index contributed by atoms with van der Waals surface area (Å²) in [6.45, 7) is 4.70. The van der Waals surface area contributed by atoms with Crippen LogP contribution in [0.2, 0.25) is 0 Å². The molecule has 0 aliphatic carbocycles. The SMILES string of the molecule is CC1CCCN1CC=CCS. The molecule has 1 aliphatic rings. The van der Waals surface area contributed by atoms with Gasteiger partial charge in [-0.2, -0.15) is 12.6 Å². The Morgan fingerprint density at radius 3 is 2.91 bits per heavy atom. The average molecular weight is 171 g/mol. The van der Waals surface area contributed by atoms with Gasteiger partial charge in [-0.15, -0.1) is 0 Å². The third-order valence-electron chi connectivity index (χ3n) is 2.30. The van der Waals surface area contributed by atoms with Crippen molar-refractivity contribution in [3.05, 3.63) is 12.2 Å². The van der Waals surface area contributed by atoms with E-state index in [4.69, 9.17) is 0 Å². The van der Waals surface area contributed by atoms with Gasteiger partial charge in [0.2, 0.25) is 0 Å². The van der Waals surface area contributed by atoms with Gasteiger partial charge in [0, 0.05) is 18.3 Å². The van der Waals surface area contributed by atoms with Crippen LogP contribution in [0.4, 0.5) is 0 Å². The van der Waals surface area contributed by atoms with Gasteiger partial charge in [0.1, 0.15) is 0 Å². The molecule has 0 radical (unpaired) electrons. The summed E-state index contributed by atoms with van der Waals surface area (Å²) in [5.41, 5.74) is 0. The van der Waals surface area contributed by atoms with Gasteiger partial charge in [-0.1, -0.05) is 12.2 Å². The predicted molar refractivity (Wildman–Crippen MR) is 53.3 cm³/mol. The van der Waals surface area contributed by atoms with E-state index in [2.05, 4.69) is 36.6 Å². The first-order chi connectivity index (χ1) is 5.34. The zero-order valence-electron chi connectivity index (χ0n) is 7.16. The minimum atomic E-state index is 0.791.